The third-order valence-corrected chi connectivity index (χ3v) is 3.51. The van der Waals surface area contributed by atoms with E-state index in [9.17, 15) is 4.79 Å². The van der Waals surface area contributed by atoms with Gasteiger partial charge in [-0.3, -0.25) is 4.79 Å². The van der Waals surface area contributed by atoms with Crippen molar-refractivity contribution < 1.29 is 9.53 Å². The van der Waals surface area contributed by atoms with Crippen LogP contribution in [0.1, 0.15) is 28.5 Å². The van der Waals surface area contributed by atoms with Gasteiger partial charge in [-0.05, 0) is 24.1 Å². The summed E-state index contributed by atoms with van der Waals surface area (Å²) in [4.78, 5) is 20.0. The Morgan fingerprint density at radius 3 is 2.52 bits per heavy atom. The molecule has 1 radical (unpaired) electrons. The van der Waals surface area contributed by atoms with Crippen LogP contribution in [0.5, 0.6) is 5.75 Å². The predicted molar refractivity (Wildman–Crippen MR) is 89.0 cm³/mol. The molecule has 1 unspecified atom stereocenters. The summed E-state index contributed by atoms with van der Waals surface area (Å²) in [6, 6.07) is 6.99. The highest BCUT2D eigenvalue weighted by molar-refractivity contribution is 6.31. The van der Waals surface area contributed by atoms with E-state index in [4.69, 9.17) is 27.8 Å². The monoisotopic (exact) mass is 334 g/mol. The first-order chi connectivity index (χ1) is 11.0. The van der Waals surface area contributed by atoms with Crippen LogP contribution >= 0.6 is 11.6 Å². The maximum atomic E-state index is 12.3. The molecule has 121 valence electrons. The number of rotatable bonds is 5. The van der Waals surface area contributed by atoms with Gasteiger partial charge in [-0.25, -0.2) is 9.97 Å². The lowest BCUT2D eigenvalue weighted by atomic mass is 10.0. The van der Waals surface area contributed by atoms with Gasteiger partial charge in [0.25, 0.3) is 5.91 Å². The van der Waals surface area contributed by atoms with Crippen LogP contribution in [-0.4, -0.2) is 23.0 Å². The van der Waals surface area contributed by atoms with Crippen LogP contribution in [0.3, 0.4) is 0 Å². The van der Waals surface area contributed by atoms with E-state index in [1.807, 2.05) is 12.1 Å². The average Bonchev–Trinajstić information content (AvgIpc) is 2.56. The first-order valence-electron chi connectivity index (χ1n) is 6.78. The van der Waals surface area contributed by atoms with Crippen molar-refractivity contribution in [1.82, 2.24) is 15.3 Å². The number of nitrogens with zero attached hydrogens (tertiary/aromatic N) is 2. The van der Waals surface area contributed by atoms with Gasteiger partial charge in [0.1, 0.15) is 5.75 Å². The van der Waals surface area contributed by atoms with E-state index in [0.29, 0.717) is 6.42 Å². The minimum Gasteiger partial charge on any atom is -0.497 e. The number of amides is 1. The maximum Gasteiger partial charge on any atom is 0.274 e. The third kappa shape index (κ3) is 3.81. The van der Waals surface area contributed by atoms with Crippen molar-refractivity contribution in [1.29, 1.82) is 0 Å². The molecule has 2 rings (SSSR count). The zero-order chi connectivity index (χ0) is 17.0. The second-order valence-electron chi connectivity index (χ2n) is 4.72. The number of hydrogen-bond donors (Lipinski definition) is 3. The lowest BCUT2D eigenvalue weighted by Crippen LogP contribution is -2.30. The number of carbonyl (C=O) groups is 1. The summed E-state index contributed by atoms with van der Waals surface area (Å²) in [7, 11) is 1.59. The minimum absolute atomic E-state index is 0.0235. The van der Waals surface area contributed by atoms with E-state index < -0.39 is 5.91 Å². The standard InChI is InChI=1S/C15H17ClN5O2/c1-3-10(8-4-6-9(23-2)7-5-8)19-15(22)11-13(17)21-14(18)12(16)20-11/h4-7,10H,1,3H2,2H3,(H,19,22)(H4,17,18,21). The number of halogens is 1. The van der Waals surface area contributed by atoms with Gasteiger partial charge < -0.3 is 21.5 Å². The van der Waals surface area contributed by atoms with Gasteiger partial charge in [0.05, 0.1) is 13.2 Å². The third-order valence-electron chi connectivity index (χ3n) is 3.23. The molecular weight excluding hydrogens is 318 g/mol. The minimum atomic E-state index is -0.499. The number of aromatic nitrogens is 2. The zero-order valence-electron chi connectivity index (χ0n) is 12.5. The fraction of sp³-hybridized carbons (Fsp3) is 0.200. The van der Waals surface area contributed by atoms with Gasteiger partial charge in [0, 0.05) is 0 Å². The van der Waals surface area contributed by atoms with E-state index >= 15 is 0 Å². The molecule has 0 aliphatic carbocycles. The molecule has 1 aromatic heterocycles. The second kappa shape index (κ2) is 7.15. The van der Waals surface area contributed by atoms with Crippen molar-refractivity contribution in [2.24, 2.45) is 0 Å². The molecule has 0 aliphatic heterocycles. The van der Waals surface area contributed by atoms with Gasteiger partial charge in [-0.1, -0.05) is 30.7 Å². The maximum absolute atomic E-state index is 12.3. The summed E-state index contributed by atoms with van der Waals surface area (Å²) in [5.41, 5.74) is 12.0. The smallest absolute Gasteiger partial charge is 0.274 e. The Kier molecular flexibility index (Phi) is 5.23. The van der Waals surface area contributed by atoms with Crippen molar-refractivity contribution in [3.63, 3.8) is 0 Å². The second-order valence-corrected chi connectivity index (χ2v) is 5.08. The van der Waals surface area contributed by atoms with Gasteiger partial charge in [-0.15, -0.1) is 0 Å². The molecule has 0 fully saturated rings. The highest BCUT2D eigenvalue weighted by Crippen LogP contribution is 2.22. The average molecular weight is 335 g/mol. The Labute approximate surface area is 139 Å². The SMILES string of the molecule is [CH2]CC(NC(=O)c1nc(Cl)c(N)nc1N)c1ccc(OC)cc1. The van der Waals surface area contributed by atoms with Crippen molar-refractivity contribution in [3.8, 4) is 5.75 Å². The number of benzene rings is 1. The largest absolute Gasteiger partial charge is 0.497 e. The van der Waals surface area contributed by atoms with Crippen molar-refractivity contribution in [2.75, 3.05) is 18.6 Å². The van der Waals surface area contributed by atoms with Crippen molar-refractivity contribution >= 4 is 29.1 Å². The van der Waals surface area contributed by atoms with Gasteiger partial charge in [0.15, 0.2) is 22.5 Å². The molecule has 0 saturated carbocycles. The molecule has 0 aliphatic rings. The molecule has 5 N–H and O–H groups in total. The van der Waals surface area contributed by atoms with Crippen LogP contribution in [-0.2, 0) is 0 Å². The van der Waals surface area contributed by atoms with Crippen LogP contribution in [0.15, 0.2) is 24.3 Å². The van der Waals surface area contributed by atoms with Gasteiger partial charge >= 0.3 is 0 Å². The number of anilines is 2. The fourth-order valence-electron chi connectivity index (χ4n) is 1.99. The summed E-state index contributed by atoms with van der Waals surface area (Å²) < 4.78 is 5.11. The summed E-state index contributed by atoms with van der Waals surface area (Å²) in [6.07, 6.45) is 0.439. The molecule has 2 aromatic rings. The molecule has 8 heteroatoms. The Bertz CT molecular complexity index is 706. The molecule has 1 amide bonds. The highest BCUT2D eigenvalue weighted by atomic mass is 35.5. The number of carbonyl (C=O) groups excluding carboxylic acids is 1. The topological polar surface area (TPSA) is 116 Å². The number of methoxy groups -OCH3 is 1. The summed E-state index contributed by atoms with van der Waals surface area (Å²) >= 11 is 5.79. The Balaban J connectivity index is 2.21. The lowest BCUT2D eigenvalue weighted by Gasteiger charge is -2.18. The zero-order valence-corrected chi connectivity index (χ0v) is 13.3. The molecule has 7 nitrogen and oxygen atoms in total. The molecule has 23 heavy (non-hydrogen) atoms. The van der Waals surface area contributed by atoms with Crippen LogP contribution in [0.2, 0.25) is 5.15 Å². The van der Waals surface area contributed by atoms with Gasteiger partial charge in [-0.2, -0.15) is 0 Å². The first-order valence-corrected chi connectivity index (χ1v) is 7.16. The summed E-state index contributed by atoms with van der Waals surface area (Å²) in [6.45, 7) is 3.85. The van der Waals surface area contributed by atoms with Crippen LogP contribution in [0.25, 0.3) is 0 Å². The Morgan fingerprint density at radius 2 is 1.96 bits per heavy atom. The quantitative estimate of drug-likeness (QED) is 0.770. The Hall–Kier alpha value is -2.54. The van der Waals surface area contributed by atoms with E-state index in [0.717, 1.165) is 11.3 Å². The number of ether oxygens (including phenoxy) is 1. The van der Waals surface area contributed by atoms with E-state index in [-0.39, 0.29) is 28.5 Å². The van der Waals surface area contributed by atoms with Crippen LogP contribution < -0.4 is 21.5 Å². The number of hydrogen-bond acceptors (Lipinski definition) is 6. The molecule has 0 bridgehead atoms. The summed E-state index contributed by atoms with van der Waals surface area (Å²) in [5, 5.41) is 2.73. The number of nitrogens with two attached hydrogens (primary N) is 2. The van der Waals surface area contributed by atoms with Crippen molar-refractivity contribution in [2.45, 2.75) is 12.5 Å². The Morgan fingerprint density at radius 1 is 1.30 bits per heavy atom. The van der Waals surface area contributed by atoms with Crippen molar-refractivity contribution in [3.05, 3.63) is 47.6 Å². The first kappa shape index (κ1) is 16.8. The molecule has 1 heterocycles. The fourth-order valence-corrected chi connectivity index (χ4v) is 2.12. The molecular formula is C15H17ClN5O2. The van der Waals surface area contributed by atoms with Gasteiger partial charge in [0.2, 0.25) is 0 Å². The summed E-state index contributed by atoms with van der Waals surface area (Å²) in [5.74, 6) is 0.121. The lowest BCUT2D eigenvalue weighted by molar-refractivity contribution is 0.0932. The molecule has 0 spiro atoms. The molecule has 1 atom stereocenters. The number of nitrogen functional groups attached to an aromatic ring is 2. The van der Waals surface area contributed by atoms with Crippen LogP contribution in [0.4, 0.5) is 11.6 Å². The predicted octanol–water partition coefficient (Wildman–Crippen LogP) is 2.00. The molecule has 0 saturated heterocycles. The number of nitrogens with one attached hydrogen (secondary N) is 1. The molecule has 1 aromatic carbocycles. The normalized spacial score (nSPS) is 11.8. The van der Waals surface area contributed by atoms with Crippen LogP contribution in [0, 0.1) is 6.92 Å². The van der Waals surface area contributed by atoms with E-state index in [1.165, 1.54) is 0 Å². The van der Waals surface area contributed by atoms with E-state index in [2.05, 4.69) is 22.2 Å². The highest BCUT2D eigenvalue weighted by Gasteiger charge is 2.19. The van der Waals surface area contributed by atoms with E-state index in [1.54, 1.807) is 19.2 Å².